The third-order valence-corrected chi connectivity index (χ3v) is 9.30. The quantitative estimate of drug-likeness (QED) is 0.165. The minimum atomic E-state index is -0.237. The Bertz CT molecular complexity index is 1920. The van der Waals surface area contributed by atoms with E-state index in [1.54, 1.807) is 36.2 Å². The predicted octanol–water partition coefficient (Wildman–Crippen LogP) is 8.26. The molecule has 266 valence electrons. The molecule has 2 aliphatic rings. The van der Waals surface area contributed by atoms with Crippen molar-refractivity contribution in [2.75, 3.05) is 27.3 Å². The second-order valence-electron chi connectivity index (χ2n) is 15.0. The Kier molecular flexibility index (Phi) is 10.0. The summed E-state index contributed by atoms with van der Waals surface area (Å²) in [5.74, 6) is 2.06. The summed E-state index contributed by atoms with van der Waals surface area (Å²) in [6, 6.07) is 31.3. The second-order valence-corrected chi connectivity index (χ2v) is 15.0. The Labute approximate surface area is 306 Å². The Hall–Kier alpha value is -5.76. The molecule has 6 rings (SSSR count). The van der Waals surface area contributed by atoms with Crippen LogP contribution in [0.5, 0.6) is 11.5 Å². The number of hydrogen-bond donors (Lipinski definition) is 0. The van der Waals surface area contributed by atoms with Gasteiger partial charge in [0.05, 0.1) is 14.2 Å². The smallest absolute Gasteiger partial charge is 0.278 e. The minimum Gasteiger partial charge on any atom is -0.497 e. The van der Waals surface area contributed by atoms with Crippen molar-refractivity contribution >= 4 is 35.6 Å². The van der Waals surface area contributed by atoms with E-state index >= 15 is 0 Å². The summed E-state index contributed by atoms with van der Waals surface area (Å²) in [6.07, 6.45) is 3.57. The second kappa shape index (κ2) is 14.5. The van der Waals surface area contributed by atoms with Gasteiger partial charge in [0.2, 0.25) is 0 Å². The van der Waals surface area contributed by atoms with Crippen LogP contribution in [0.2, 0.25) is 0 Å². The number of amides is 2. The molecule has 2 heterocycles. The van der Waals surface area contributed by atoms with E-state index in [4.69, 9.17) is 19.5 Å². The normalized spacial score (nSPS) is 16.5. The molecule has 2 amide bonds. The lowest BCUT2D eigenvalue weighted by molar-refractivity contribution is -0.125. The molecule has 0 aliphatic carbocycles. The molecular weight excluding hydrogens is 649 g/mol. The molecule has 8 nitrogen and oxygen atoms in total. The molecule has 0 saturated carbocycles. The van der Waals surface area contributed by atoms with E-state index in [1.165, 1.54) is 11.1 Å². The third kappa shape index (κ3) is 7.76. The first-order valence-corrected chi connectivity index (χ1v) is 17.5. The Morgan fingerprint density at radius 2 is 0.846 bits per heavy atom. The van der Waals surface area contributed by atoms with E-state index in [-0.39, 0.29) is 35.7 Å². The summed E-state index contributed by atoms with van der Waals surface area (Å²) in [5.41, 5.74) is 6.23. The molecular formula is C44H46N4O4. The van der Waals surface area contributed by atoms with Crippen molar-refractivity contribution in [1.82, 2.24) is 9.80 Å². The van der Waals surface area contributed by atoms with Gasteiger partial charge in [-0.25, -0.2) is 9.98 Å². The van der Waals surface area contributed by atoms with Crippen LogP contribution in [-0.2, 0) is 20.4 Å². The summed E-state index contributed by atoms with van der Waals surface area (Å²) in [5, 5.41) is 0. The minimum absolute atomic E-state index is 0.0288. The fraction of sp³-hybridized carbons (Fsp3) is 0.273. The van der Waals surface area contributed by atoms with Crippen molar-refractivity contribution in [3.8, 4) is 11.5 Å². The number of aliphatic imine (C=N–C) groups is 2. The number of ether oxygens (including phenoxy) is 2. The molecule has 0 aromatic heterocycles. The first-order valence-electron chi connectivity index (χ1n) is 17.5. The number of carbonyl (C=O) groups excluding carboxylic acids is 2. The Morgan fingerprint density at radius 1 is 0.519 bits per heavy atom. The van der Waals surface area contributed by atoms with Crippen LogP contribution in [0.3, 0.4) is 0 Å². The lowest BCUT2D eigenvalue weighted by Gasteiger charge is -2.25. The molecule has 0 fully saturated rings. The summed E-state index contributed by atoms with van der Waals surface area (Å²) >= 11 is 0. The van der Waals surface area contributed by atoms with Gasteiger partial charge < -0.3 is 9.47 Å². The average molecular weight is 695 g/mol. The zero-order valence-electron chi connectivity index (χ0n) is 31.2. The van der Waals surface area contributed by atoms with Gasteiger partial charge in [0, 0.05) is 24.2 Å². The first kappa shape index (κ1) is 36.0. The topological polar surface area (TPSA) is 83.8 Å². The number of amidine groups is 2. The average Bonchev–Trinajstić information content (AvgIpc) is 3.61. The molecule has 0 radical (unpaired) electrons. The number of methoxy groups -OCH3 is 2. The van der Waals surface area contributed by atoms with E-state index in [0.717, 1.165) is 33.8 Å². The van der Waals surface area contributed by atoms with Crippen molar-refractivity contribution < 1.29 is 19.1 Å². The number of nitrogens with zero attached hydrogens (tertiary/aromatic N) is 4. The molecule has 0 atom stereocenters. The monoisotopic (exact) mass is 694 g/mol. The van der Waals surface area contributed by atoms with Crippen LogP contribution in [-0.4, -0.2) is 60.6 Å². The van der Waals surface area contributed by atoms with Crippen molar-refractivity contribution in [2.24, 2.45) is 9.98 Å². The van der Waals surface area contributed by atoms with Gasteiger partial charge in [0.15, 0.2) is 0 Å². The zero-order valence-corrected chi connectivity index (χ0v) is 31.2. The number of hydrogen-bond acceptors (Lipinski definition) is 6. The van der Waals surface area contributed by atoms with Gasteiger partial charge >= 0.3 is 0 Å². The fourth-order valence-corrected chi connectivity index (χ4v) is 6.11. The standard InChI is InChI=1S/C44H46N4O4/c1-43(2,3)33-17-13-31(14-18-33)39-45-37(27-29-9-21-35(51-7)22-10-29)41(49)47(39)25-26-48-40(32-15-19-34(20-16-32)44(4,5)6)46-38(42(48)50)28-30-11-23-36(52-8)24-12-30/h9-24,27-28H,25-26H2,1-8H3. The van der Waals surface area contributed by atoms with E-state index in [2.05, 4.69) is 65.8 Å². The Balaban J connectivity index is 1.34. The van der Waals surface area contributed by atoms with Gasteiger partial charge in [-0.1, -0.05) is 114 Å². The SMILES string of the molecule is COc1ccc(C=C2N=C(c3ccc(C(C)(C)C)cc3)N(CCN3C(=O)C(=Cc4ccc(OC)cc4)N=C3c3ccc(C(C)(C)C)cc3)C2=O)cc1. The van der Waals surface area contributed by atoms with Gasteiger partial charge in [-0.2, -0.15) is 0 Å². The fourth-order valence-electron chi connectivity index (χ4n) is 6.11. The van der Waals surface area contributed by atoms with Crippen LogP contribution >= 0.6 is 0 Å². The third-order valence-electron chi connectivity index (χ3n) is 9.30. The van der Waals surface area contributed by atoms with Crippen LogP contribution in [0, 0.1) is 0 Å². The predicted molar refractivity (Wildman–Crippen MR) is 209 cm³/mol. The van der Waals surface area contributed by atoms with Crippen LogP contribution in [0.1, 0.15) is 74.9 Å². The molecule has 0 spiro atoms. The molecule has 4 aromatic rings. The van der Waals surface area contributed by atoms with Gasteiger partial charge in [0.25, 0.3) is 11.8 Å². The zero-order chi connectivity index (χ0) is 37.2. The highest BCUT2D eigenvalue weighted by molar-refractivity contribution is 6.21. The molecule has 0 N–H and O–H groups in total. The Morgan fingerprint density at radius 3 is 1.13 bits per heavy atom. The lowest BCUT2D eigenvalue weighted by Crippen LogP contribution is -2.42. The lowest BCUT2D eigenvalue weighted by atomic mass is 9.86. The van der Waals surface area contributed by atoms with Gasteiger partial charge in [0.1, 0.15) is 34.6 Å². The van der Waals surface area contributed by atoms with Gasteiger partial charge in [-0.15, -0.1) is 0 Å². The van der Waals surface area contributed by atoms with Crippen molar-refractivity contribution in [3.05, 3.63) is 142 Å². The summed E-state index contributed by atoms with van der Waals surface area (Å²) in [4.78, 5) is 41.4. The van der Waals surface area contributed by atoms with Crippen LogP contribution in [0.4, 0.5) is 0 Å². The van der Waals surface area contributed by atoms with Crippen LogP contribution < -0.4 is 9.47 Å². The van der Waals surface area contributed by atoms with Crippen LogP contribution in [0.25, 0.3) is 12.2 Å². The van der Waals surface area contributed by atoms with Crippen molar-refractivity contribution in [1.29, 1.82) is 0 Å². The van der Waals surface area contributed by atoms with E-state index in [1.807, 2.05) is 72.8 Å². The summed E-state index contributed by atoms with van der Waals surface area (Å²) < 4.78 is 10.6. The largest absolute Gasteiger partial charge is 0.497 e. The maximum Gasteiger partial charge on any atom is 0.278 e. The van der Waals surface area contributed by atoms with E-state index < -0.39 is 0 Å². The summed E-state index contributed by atoms with van der Waals surface area (Å²) in [6.45, 7) is 13.4. The molecule has 0 bridgehead atoms. The molecule has 8 heteroatoms. The maximum absolute atomic E-state index is 14.1. The number of benzene rings is 4. The highest BCUT2D eigenvalue weighted by atomic mass is 16.5. The van der Waals surface area contributed by atoms with Crippen molar-refractivity contribution in [2.45, 2.75) is 52.4 Å². The van der Waals surface area contributed by atoms with Crippen LogP contribution in [0.15, 0.2) is 118 Å². The highest BCUT2D eigenvalue weighted by Crippen LogP contribution is 2.29. The molecule has 52 heavy (non-hydrogen) atoms. The number of carbonyl (C=O) groups is 2. The molecule has 2 aliphatic heterocycles. The van der Waals surface area contributed by atoms with Gasteiger partial charge in [-0.05, 0) is 69.5 Å². The first-order chi connectivity index (χ1) is 24.7. The van der Waals surface area contributed by atoms with Gasteiger partial charge in [-0.3, -0.25) is 19.4 Å². The van der Waals surface area contributed by atoms with E-state index in [9.17, 15) is 9.59 Å². The van der Waals surface area contributed by atoms with E-state index in [0.29, 0.717) is 23.1 Å². The van der Waals surface area contributed by atoms with Crippen molar-refractivity contribution in [3.63, 3.8) is 0 Å². The molecule has 0 unspecified atom stereocenters. The molecule has 0 saturated heterocycles. The number of rotatable bonds is 9. The highest BCUT2D eigenvalue weighted by Gasteiger charge is 2.36. The summed E-state index contributed by atoms with van der Waals surface area (Å²) in [7, 11) is 3.24. The maximum atomic E-state index is 14.1. The molecule has 4 aromatic carbocycles.